The number of likely N-dealkylation sites (tertiary alicyclic amines) is 1. The van der Waals surface area contributed by atoms with E-state index in [1.807, 2.05) is 56.1 Å². The first-order valence-corrected chi connectivity index (χ1v) is 13.1. The summed E-state index contributed by atoms with van der Waals surface area (Å²) in [5, 5.41) is 6.82. The van der Waals surface area contributed by atoms with Crippen molar-refractivity contribution in [1.82, 2.24) is 20.0 Å². The number of anilines is 1. The van der Waals surface area contributed by atoms with E-state index in [-0.39, 0.29) is 18.7 Å². The lowest BCUT2D eigenvalue weighted by Gasteiger charge is -2.43. The Morgan fingerprint density at radius 1 is 1.10 bits per heavy atom. The fourth-order valence-electron chi connectivity index (χ4n) is 5.35. The molecule has 0 bridgehead atoms. The van der Waals surface area contributed by atoms with Crippen LogP contribution in [0.1, 0.15) is 39.2 Å². The standard InChI is InChI=1S/C29H34FN5O4/c1-28(2,3)39-27(37)33-11-9-29(10-12-33)19-34(24-7-5-21(6-8-24)22-16-31-32-17-22)26(36)35(29)18-20-13-23(30)15-25(14-20)38-4/h5-8,13-17H,9-12,18-19H2,1-4H3,(H,31,32). The van der Waals surface area contributed by atoms with Gasteiger partial charge in [0.15, 0.2) is 0 Å². The van der Waals surface area contributed by atoms with Gasteiger partial charge >= 0.3 is 12.1 Å². The van der Waals surface area contributed by atoms with Gasteiger partial charge in [-0.25, -0.2) is 14.0 Å². The van der Waals surface area contributed by atoms with Crippen molar-refractivity contribution in [3.63, 3.8) is 0 Å². The average Bonchev–Trinajstić information content (AvgIpc) is 3.52. The number of aromatic amines is 1. The van der Waals surface area contributed by atoms with Crippen molar-refractivity contribution < 1.29 is 23.5 Å². The Balaban J connectivity index is 1.42. The van der Waals surface area contributed by atoms with E-state index < -0.39 is 17.0 Å². The van der Waals surface area contributed by atoms with E-state index in [1.54, 1.807) is 22.1 Å². The molecule has 5 rings (SSSR count). The summed E-state index contributed by atoms with van der Waals surface area (Å²) in [5.41, 5.74) is 2.26. The Morgan fingerprint density at radius 3 is 2.44 bits per heavy atom. The van der Waals surface area contributed by atoms with Crippen LogP contribution in [0.2, 0.25) is 0 Å². The maximum atomic E-state index is 14.3. The van der Waals surface area contributed by atoms with Gasteiger partial charge in [-0.1, -0.05) is 12.1 Å². The number of H-pyrrole nitrogens is 1. The predicted molar refractivity (Wildman–Crippen MR) is 145 cm³/mol. The molecule has 3 aromatic rings. The molecule has 2 aromatic carbocycles. The zero-order valence-electron chi connectivity index (χ0n) is 22.7. The number of hydrogen-bond donors (Lipinski definition) is 1. The second kappa shape index (κ2) is 10.2. The van der Waals surface area contributed by atoms with Crippen LogP contribution in [0.5, 0.6) is 5.75 Å². The van der Waals surface area contributed by atoms with Gasteiger partial charge in [-0.3, -0.25) is 10.00 Å². The van der Waals surface area contributed by atoms with E-state index in [0.717, 1.165) is 16.8 Å². The Bertz CT molecular complexity index is 1330. The lowest BCUT2D eigenvalue weighted by Crippen LogP contribution is -2.55. The number of halogens is 1. The Labute approximate surface area is 227 Å². The molecule has 3 amide bonds. The minimum absolute atomic E-state index is 0.153. The van der Waals surface area contributed by atoms with E-state index in [9.17, 15) is 14.0 Å². The topological polar surface area (TPSA) is 91.0 Å². The molecule has 0 aliphatic carbocycles. The summed E-state index contributed by atoms with van der Waals surface area (Å²) in [6, 6.07) is 12.1. The van der Waals surface area contributed by atoms with Gasteiger partial charge in [0.2, 0.25) is 0 Å². The van der Waals surface area contributed by atoms with Crippen LogP contribution in [-0.4, -0.2) is 70.0 Å². The third kappa shape index (κ3) is 5.55. The Kier molecular flexibility index (Phi) is 6.96. The number of ether oxygens (including phenoxy) is 2. The fourth-order valence-corrected chi connectivity index (χ4v) is 5.35. The van der Waals surface area contributed by atoms with Crippen LogP contribution in [0.3, 0.4) is 0 Å². The van der Waals surface area contributed by atoms with E-state index in [1.165, 1.54) is 19.2 Å². The first-order chi connectivity index (χ1) is 18.6. The summed E-state index contributed by atoms with van der Waals surface area (Å²) >= 11 is 0. The second-order valence-corrected chi connectivity index (χ2v) is 11.2. The maximum Gasteiger partial charge on any atom is 0.410 e. The van der Waals surface area contributed by atoms with Gasteiger partial charge in [0, 0.05) is 43.1 Å². The molecule has 0 saturated carbocycles. The molecule has 2 saturated heterocycles. The molecule has 206 valence electrons. The number of nitrogens with one attached hydrogen (secondary N) is 1. The molecule has 2 fully saturated rings. The smallest absolute Gasteiger partial charge is 0.410 e. The number of aromatic nitrogens is 2. The third-order valence-corrected chi connectivity index (χ3v) is 7.35. The summed E-state index contributed by atoms with van der Waals surface area (Å²) in [6.07, 6.45) is 4.37. The maximum absolute atomic E-state index is 14.3. The van der Waals surface area contributed by atoms with Gasteiger partial charge in [0.05, 0.1) is 25.4 Å². The number of methoxy groups -OCH3 is 1. The van der Waals surface area contributed by atoms with Crippen molar-refractivity contribution in [2.24, 2.45) is 0 Å². The molecular weight excluding hydrogens is 501 g/mol. The number of nitrogens with zero attached hydrogens (tertiary/aromatic N) is 4. The van der Waals surface area contributed by atoms with Crippen molar-refractivity contribution in [1.29, 1.82) is 0 Å². The fraction of sp³-hybridized carbons (Fsp3) is 0.414. The normalized spacial score (nSPS) is 17.2. The number of carbonyl (C=O) groups excluding carboxylic acids is 2. The molecule has 9 nitrogen and oxygen atoms in total. The minimum Gasteiger partial charge on any atom is -0.497 e. The Hall–Kier alpha value is -4.08. The van der Waals surface area contributed by atoms with Crippen LogP contribution in [0.4, 0.5) is 19.7 Å². The summed E-state index contributed by atoms with van der Waals surface area (Å²) in [5.74, 6) is -0.0198. The van der Waals surface area contributed by atoms with Crippen molar-refractivity contribution in [3.05, 3.63) is 66.2 Å². The molecule has 3 heterocycles. The van der Waals surface area contributed by atoms with Crippen LogP contribution < -0.4 is 9.64 Å². The first kappa shape index (κ1) is 26.5. The molecule has 0 radical (unpaired) electrons. The molecule has 2 aliphatic rings. The molecule has 0 unspecified atom stereocenters. The molecule has 1 N–H and O–H groups in total. The van der Waals surface area contributed by atoms with Gasteiger partial charge in [-0.2, -0.15) is 5.10 Å². The van der Waals surface area contributed by atoms with Gasteiger partial charge in [0.1, 0.15) is 17.2 Å². The molecule has 0 atom stereocenters. The number of benzene rings is 2. The molecule has 39 heavy (non-hydrogen) atoms. The van der Waals surface area contributed by atoms with Gasteiger partial charge < -0.3 is 19.3 Å². The lowest BCUT2D eigenvalue weighted by molar-refractivity contribution is 0.00784. The number of piperidine rings is 1. The quantitative estimate of drug-likeness (QED) is 0.470. The number of carbonyl (C=O) groups is 2. The highest BCUT2D eigenvalue weighted by Gasteiger charge is 2.52. The van der Waals surface area contributed by atoms with Crippen molar-refractivity contribution in [2.75, 3.05) is 31.6 Å². The Morgan fingerprint density at radius 2 is 1.82 bits per heavy atom. The summed E-state index contributed by atoms with van der Waals surface area (Å²) in [7, 11) is 1.49. The van der Waals surface area contributed by atoms with Gasteiger partial charge in [-0.05, 0) is 69.0 Å². The van der Waals surface area contributed by atoms with Crippen molar-refractivity contribution in [3.8, 4) is 16.9 Å². The molecule has 1 spiro atoms. The zero-order chi connectivity index (χ0) is 27.8. The third-order valence-electron chi connectivity index (χ3n) is 7.35. The molecule has 2 aliphatic heterocycles. The zero-order valence-corrected chi connectivity index (χ0v) is 22.7. The van der Waals surface area contributed by atoms with Crippen LogP contribution in [0.15, 0.2) is 54.9 Å². The molecule has 1 aromatic heterocycles. The molecular formula is C29H34FN5O4. The largest absolute Gasteiger partial charge is 0.497 e. The molecule has 10 heteroatoms. The number of urea groups is 1. The predicted octanol–water partition coefficient (Wildman–Crippen LogP) is 5.44. The number of hydrogen-bond acceptors (Lipinski definition) is 5. The summed E-state index contributed by atoms with van der Waals surface area (Å²) < 4.78 is 25.2. The average molecular weight is 536 g/mol. The highest BCUT2D eigenvalue weighted by atomic mass is 19.1. The summed E-state index contributed by atoms with van der Waals surface area (Å²) in [4.78, 5) is 32.0. The second-order valence-electron chi connectivity index (χ2n) is 11.2. The summed E-state index contributed by atoms with van der Waals surface area (Å²) in [6.45, 7) is 7.13. The van der Waals surface area contributed by atoms with E-state index in [0.29, 0.717) is 43.8 Å². The SMILES string of the molecule is COc1cc(F)cc(CN2C(=O)N(c3ccc(-c4cn[nH]c4)cc3)CC23CCN(C(=O)OC(C)(C)C)CC3)c1. The van der Waals surface area contributed by atoms with E-state index in [2.05, 4.69) is 10.2 Å². The van der Waals surface area contributed by atoms with Crippen LogP contribution >= 0.6 is 0 Å². The first-order valence-electron chi connectivity index (χ1n) is 13.1. The highest BCUT2D eigenvalue weighted by molar-refractivity contribution is 5.95. The lowest BCUT2D eigenvalue weighted by atomic mass is 9.86. The van der Waals surface area contributed by atoms with Crippen LogP contribution in [0.25, 0.3) is 11.1 Å². The number of rotatable bonds is 5. The minimum atomic E-state index is -0.586. The van der Waals surface area contributed by atoms with Gasteiger partial charge in [0.25, 0.3) is 0 Å². The van der Waals surface area contributed by atoms with E-state index >= 15 is 0 Å². The van der Waals surface area contributed by atoms with Crippen molar-refractivity contribution in [2.45, 2.75) is 51.3 Å². The van der Waals surface area contributed by atoms with E-state index in [4.69, 9.17) is 9.47 Å². The van der Waals surface area contributed by atoms with Crippen LogP contribution in [0, 0.1) is 5.82 Å². The van der Waals surface area contributed by atoms with Crippen LogP contribution in [-0.2, 0) is 11.3 Å². The number of amides is 3. The highest BCUT2D eigenvalue weighted by Crippen LogP contribution is 2.40. The monoisotopic (exact) mass is 535 g/mol. The van der Waals surface area contributed by atoms with Gasteiger partial charge in [-0.15, -0.1) is 0 Å². The van der Waals surface area contributed by atoms with Crippen molar-refractivity contribution >= 4 is 17.8 Å².